The Hall–Kier alpha value is -2.64. The Bertz CT molecular complexity index is 1160. The van der Waals surface area contributed by atoms with Gasteiger partial charge < -0.3 is 4.57 Å². The van der Waals surface area contributed by atoms with Gasteiger partial charge >= 0.3 is 5.69 Å². The zero-order valence-corrected chi connectivity index (χ0v) is 16.3. The fourth-order valence-corrected chi connectivity index (χ4v) is 3.48. The molecule has 0 radical (unpaired) electrons. The predicted molar refractivity (Wildman–Crippen MR) is 100 cm³/mol. The van der Waals surface area contributed by atoms with Gasteiger partial charge in [-0.15, -0.1) is 0 Å². The molecule has 0 unspecified atom stereocenters. The number of carbonyl (C=O) groups is 1. The van der Waals surface area contributed by atoms with Crippen LogP contribution in [-0.2, 0) is 11.8 Å². The number of carbonyl (C=O) groups excluding carboxylic acids is 1. The average Bonchev–Trinajstić information content (AvgIpc) is 3.08. The highest BCUT2D eigenvalue weighted by Gasteiger charge is 2.26. The van der Waals surface area contributed by atoms with Gasteiger partial charge in [0.2, 0.25) is 5.78 Å². The number of fused-ring (bicyclic) bond motifs is 3. The summed E-state index contributed by atoms with van der Waals surface area (Å²) in [6, 6.07) is -0.618. The lowest BCUT2D eigenvalue weighted by Crippen LogP contribution is -2.42. The Labute approximate surface area is 150 Å². The van der Waals surface area contributed by atoms with E-state index >= 15 is 0 Å². The fourth-order valence-electron chi connectivity index (χ4n) is 3.48. The lowest BCUT2D eigenvalue weighted by Gasteiger charge is -2.13. The Balaban J connectivity index is 2.58. The SMILES string of the molecule is CC[C@H](C)n1c(C)c(C)n2c3c(=O)n([C@H](C)C(C)=O)c(=O)n(C)c3nc12. The summed E-state index contributed by atoms with van der Waals surface area (Å²) in [6.07, 6.45) is 0.915. The predicted octanol–water partition coefficient (Wildman–Crippen LogP) is 1.89. The summed E-state index contributed by atoms with van der Waals surface area (Å²) in [5, 5.41) is 0. The molecule has 0 aliphatic carbocycles. The van der Waals surface area contributed by atoms with Crippen molar-refractivity contribution in [3.8, 4) is 0 Å². The van der Waals surface area contributed by atoms with Crippen molar-refractivity contribution >= 4 is 22.7 Å². The van der Waals surface area contributed by atoms with E-state index in [1.165, 1.54) is 11.5 Å². The smallest absolute Gasteiger partial charge is 0.311 e. The highest BCUT2D eigenvalue weighted by atomic mass is 16.2. The normalized spacial score (nSPS) is 14.3. The van der Waals surface area contributed by atoms with Crippen LogP contribution in [0.5, 0.6) is 0 Å². The molecule has 0 aliphatic heterocycles. The van der Waals surface area contributed by atoms with E-state index < -0.39 is 17.3 Å². The van der Waals surface area contributed by atoms with E-state index in [-0.39, 0.29) is 11.8 Å². The van der Waals surface area contributed by atoms with Gasteiger partial charge in [0, 0.05) is 24.5 Å². The first kappa shape index (κ1) is 18.2. The van der Waals surface area contributed by atoms with E-state index in [0.717, 1.165) is 22.4 Å². The van der Waals surface area contributed by atoms with Crippen LogP contribution >= 0.6 is 0 Å². The quantitative estimate of drug-likeness (QED) is 0.712. The van der Waals surface area contributed by atoms with Crippen LogP contribution in [0.3, 0.4) is 0 Å². The van der Waals surface area contributed by atoms with Crippen LogP contribution in [0.15, 0.2) is 9.59 Å². The number of nitrogens with zero attached hydrogens (tertiary/aromatic N) is 5. The molecule has 0 aromatic carbocycles. The molecule has 0 spiro atoms. The Morgan fingerprint density at radius 3 is 2.27 bits per heavy atom. The molecule has 8 nitrogen and oxygen atoms in total. The third kappa shape index (κ3) is 2.21. The van der Waals surface area contributed by atoms with Crippen molar-refractivity contribution in [3.63, 3.8) is 0 Å². The lowest BCUT2D eigenvalue weighted by molar-refractivity contribution is -0.119. The number of hydrogen-bond donors (Lipinski definition) is 0. The molecule has 0 fully saturated rings. The van der Waals surface area contributed by atoms with Gasteiger partial charge in [0.25, 0.3) is 5.56 Å². The summed E-state index contributed by atoms with van der Waals surface area (Å²) in [7, 11) is 1.58. The topological polar surface area (TPSA) is 83.3 Å². The van der Waals surface area contributed by atoms with Crippen molar-refractivity contribution in [2.45, 2.75) is 60.0 Å². The number of ketones is 1. The number of rotatable bonds is 4. The Morgan fingerprint density at radius 2 is 1.73 bits per heavy atom. The van der Waals surface area contributed by atoms with Gasteiger partial charge in [-0.1, -0.05) is 6.92 Å². The molecule has 0 saturated heterocycles. The molecule has 0 saturated carbocycles. The summed E-state index contributed by atoms with van der Waals surface area (Å²) < 4.78 is 6.27. The summed E-state index contributed by atoms with van der Waals surface area (Å²) in [4.78, 5) is 42.3. The highest BCUT2D eigenvalue weighted by Crippen LogP contribution is 2.25. The minimum Gasteiger partial charge on any atom is -0.311 e. The van der Waals surface area contributed by atoms with Crippen molar-refractivity contribution < 1.29 is 4.79 Å². The van der Waals surface area contributed by atoms with E-state index in [1.54, 1.807) is 14.0 Å². The Kier molecular flexibility index (Phi) is 4.17. The largest absolute Gasteiger partial charge is 0.333 e. The van der Waals surface area contributed by atoms with Gasteiger partial charge in [-0.25, -0.2) is 9.36 Å². The van der Waals surface area contributed by atoms with Gasteiger partial charge in [0.05, 0.1) is 6.04 Å². The van der Waals surface area contributed by atoms with Crippen LogP contribution in [0.25, 0.3) is 16.9 Å². The second-order valence-corrected chi connectivity index (χ2v) is 7.02. The monoisotopic (exact) mass is 359 g/mol. The van der Waals surface area contributed by atoms with Crippen molar-refractivity contribution in [2.75, 3.05) is 0 Å². The van der Waals surface area contributed by atoms with Crippen LogP contribution in [0.1, 0.15) is 57.6 Å². The van der Waals surface area contributed by atoms with Crippen molar-refractivity contribution in [3.05, 3.63) is 32.2 Å². The first-order valence-electron chi connectivity index (χ1n) is 8.84. The molecule has 3 heterocycles. The minimum absolute atomic E-state index is 0.207. The maximum absolute atomic E-state index is 13.2. The fraction of sp³-hybridized carbons (Fsp3) is 0.556. The van der Waals surface area contributed by atoms with E-state index in [1.807, 2.05) is 18.2 Å². The zero-order chi connectivity index (χ0) is 19.5. The van der Waals surface area contributed by atoms with Crippen LogP contribution in [0.4, 0.5) is 0 Å². The molecule has 0 amide bonds. The molecule has 0 bridgehead atoms. The first-order valence-corrected chi connectivity index (χ1v) is 8.84. The molecule has 140 valence electrons. The Morgan fingerprint density at radius 1 is 1.12 bits per heavy atom. The number of aromatic nitrogens is 5. The third-order valence-corrected chi connectivity index (χ3v) is 5.52. The average molecular weight is 359 g/mol. The standard InChI is InChI=1S/C18H25N5O3/c1-8-9(2)21-10(3)11(4)22-14-15(19-17(21)22)20(7)18(26)23(16(14)25)12(5)13(6)24/h9,12H,8H2,1-7H3/t9-,12+/m0/s1. The van der Waals surface area contributed by atoms with Crippen LogP contribution in [0, 0.1) is 13.8 Å². The number of aryl methyl sites for hydroxylation is 2. The molecule has 8 heteroatoms. The molecule has 26 heavy (non-hydrogen) atoms. The molecule has 0 N–H and O–H groups in total. The zero-order valence-electron chi connectivity index (χ0n) is 16.3. The molecule has 3 aromatic heterocycles. The van der Waals surface area contributed by atoms with Crippen molar-refractivity contribution in [2.24, 2.45) is 7.05 Å². The maximum Gasteiger partial charge on any atom is 0.333 e. The van der Waals surface area contributed by atoms with Crippen LogP contribution in [-0.4, -0.2) is 28.9 Å². The summed E-state index contributed by atoms with van der Waals surface area (Å²) in [5.41, 5.74) is 1.59. The van der Waals surface area contributed by atoms with Crippen molar-refractivity contribution in [1.82, 2.24) is 23.1 Å². The van der Waals surface area contributed by atoms with Crippen LogP contribution in [0.2, 0.25) is 0 Å². The third-order valence-electron chi connectivity index (χ3n) is 5.52. The molecule has 3 aromatic rings. The molecule has 2 atom stereocenters. The molecular weight excluding hydrogens is 334 g/mol. The lowest BCUT2D eigenvalue weighted by atomic mass is 10.2. The minimum atomic E-state index is -0.825. The van der Waals surface area contributed by atoms with Gasteiger partial charge in [-0.3, -0.25) is 18.6 Å². The number of imidazole rings is 2. The summed E-state index contributed by atoms with van der Waals surface area (Å²) >= 11 is 0. The second kappa shape index (κ2) is 5.96. The number of Topliss-reactive ketones (excluding diaryl/α,β-unsaturated/α-hetero) is 1. The molecule has 0 aliphatic rings. The van der Waals surface area contributed by atoms with Gasteiger partial charge in [0.15, 0.2) is 16.9 Å². The summed E-state index contributed by atoms with van der Waals surface area (Å²) in [6.45, 7) is 11.1. The van der Waals surface area contributed by atoms with E-state index in [0.29, 0.717) is 16.9 Å². The maximum atomic E-state index is 13.2. The number of hydrogen-bond acceptors (Lipinski definition) is 4. The summed E-state index contributed by atoms with van der Waals surface area (Å²) in [5.74, 6) is 0.402. The van der Waals surface area contributed by atoms with Crippen molar-refractivity contribution in [1.29, 1.82) is 0 Å². The van der Waals surface area contributed by atoms with E-state index in [2.05, 4.69) is 23.4 Å². The first-order chi connectivity index (χ1) is 12.1. The highest BCUT2D eigenvalue weighted by molar-refractivity contribution is 5.81. The van der Waals surface area contributed by atoms with Gasteiger partial charge in [-0.05, 0) is 41.0 Å². The van der Waals surface area contributed by atoms with Gasteiger partial charge in [-0.2, -0.15) is 4.98 Å². The van der Waals surface area contributed by atoms with E-state index in [9.17, 15) is 14.4 Å². The second-order valence-electron chi connectivity index (χ2n) is 7.02. The van der Waals surface area contributed by atoms with E-state index in [4.69, 9.17) is 0 Å². The van der Waals surface area contributed by atoms with Gasteiger partial charge in [0.1, 0.15) is 0 Å². The molecular formula is C18H25N5O3. The van der Waals surface area contributed by atoms with Crippen LogP contribution < -0.4 is 11.2 Å². The molecule has 3 rings (SSSR count).